The van der Waals surface area contributed by atoms with Crippen LogP contribution in [0.1, 0.15) is 30.1 Å². The number of hydrogen-bond acceptors (Lipinski definition) is 3. The minimum atomic E-state index is -0.833. The van der Waals surface area contributed by atoms with Crippen molar-refractivity contribution in [2.75, 3.05) is 0 Å². The number of rotatable bonds is 4. The van der Waals surface area contributed by atoms with Crippen LogP contribution in [0.4, 0.5) is 0 Å². The number of halogens is 1. The fourth-order valence-electron chi connectivity index (χ4n) is 1.35. The number of nitrogens with zero attached hydrogens (tertiary/aromatic N) is 1. The van der Waals surface area contributed by atoms with Crippen molar-refractivity contribution in [3.8, 4) is 0 Å². The molecule has 15 heavy (non-hydrogen) atoms. The number of carboxylic acid groups (broad SMARTS) is 1. The molecule has 0 aliphatic rings. The third kappa shape index (κ3) is 3.60. The van der Waals surface area contributed by atoms with E-state index >= 15 is 0 Å². The molecule has 1 aromatic heterocycles. The largest absolute Gasteiger partial charge is 0.481 e. The summed E-state index contributed by atoms with van der Waals surface area (Å²) in [6.45, 7) is 1.91. The lowest BCUT2D eigenvalue weighted by molar-refractivity contribution is -0.137. The van der Waals surface area contributed by atoms with E-state index in [9.17, 15) is 4.79 Å². The van der Waals surface area contributed by atoms with Crippen molar-refractivity contribution < 1.29 is 9.90 Å². The maximum atomic E-state index is 10.4. The van der Waals surface area contributed by atoms with E-state index in [1.165, 1.54) is 0 Å². The quantitative estimate of drug-likeness (QED) is 0.879. The Balaban J connectivity index is 2.73. The summed E-state index contributed by atoms with van der Waals surface area (Å²) in [7, 11) is 0. The van der Waals surface area contributed by atoms with Crippen LogP contribution in [0.25, 0.3) is 0 Å². The number of aromatic nitrogens is 1. The van der Waals surface area contributed by atoms with Gasteiger partial charge < -0.3 is 10.8 Å². The van der Waals surface area contributed by atoms with Crippen LogP contribution in [0.2, 0.25) is 0 Å². The second-order valence-electron chi connectivity index (χ2n) is 3.39. The molecule has 1 heterocycles. The number of aliphatic carboxylic acids is 1. The summed E-state index contributed by atoms with van der Waals surface area (Å²) in [5.74, 6) is -0.833. The molecule has 0 bridgehead atoms. The summed E-state index contributed by atoms with van der Waals surface area (Å²) >= 11 is 3.31. The fourth-order valence-corrected chi connectivity index (χ4v) is 1.80. The van der Waals surface area contributed by atoms with Crippen molar-refractivity contribution in [2.24, 2.45) is 5.73 Å². The molecule has 1 unspecified atom stereocenters. The molecule has 0 spiro atoms. The van der Waals surface area contributed by atoms with Crippen molar-refractivity contribution in [3.63, 3.8) is 0 Å². The van der Waals surface area contributed by atoms with Crippen LogP contribution >= 0.6 is 15.9 Å². The summed E-state index contributed by atoms with van der Waals surface area (Å²) in [5, 5.41) is 8.54. The van der Waals surface area contributed by atoms with Gasteiger partial charge in [-0.05, 0) is 40.9 Å². The van der Waals surface area contributed by atoms with Gasteiger partial charge in [-0.1, -0.05) is 0 Å². The molecule has 1 rings (SSSR count). The molecule has 1 atom stereocenters. The number of hydrogen-bond donors (Lipinski definition) is 2. The first kappa shape index (κ1) is 12.1. The highest BCUT2D eigenvalue weighted by Gasteiger charge is 2.12. The van der Waals surface area contributed by atoms with Gasteiger partial charge in [-0.2, -0.15) is 0 Å². The lowest BCUT2D eigenvalue weighted by Crippen LogP contribution is -2.15. The molecule has 1 aromatic rings. The van der Waals surface area contributed by atoms with Crippen LogP contribution in [-0.4, -0.2) is 16.1 Å². The maximum Gasteiger partial charge on any atom is 0.303 e. The molecule has 0 fully saturated rings. The zero-order chi connectivity index (χ0) is 11.4. The van der Waals surface area contributed by atoms with Gasteiger partial charge in [-0.3, -0.25) is 9.78 Å². The molecule has 0 amide bonds. The van der Waals surface area contributed by atoms with Crippen LogP contribution < -0.4 is 5.73 Å². The zero-order valence-corrected chi connectivity index (χ0v) is 9.99. The second kappa shape index (κ2) is 5.23. The smallest absolute Gasteiger partial charge is 0.303 e. The van der Waals surface area contributed by atoms with E-state index in [0.29, 0.717) is 6.42 Å². The second-order valence-corrected chi connectivity index (χ2v) is 4.31. The zero-order valence-electron chi connectivity index (χ0n) is 8.40. The third-order valence-electron chi connectivity index (χ3n) is 2.11. The van der Waals surface area contributed by atoms with Crippen molar-refractivity contribution in [3.05, 3.63) is 28.0 Å². The first-order valence-electron chi connectivity index (χ1n) is 4.60. The van der Waals surface area contributed by atoms with E-state index in [2.05, 4.69) is 20.9 Å². The first-order valence-corrected chi connectivity index (χ1v) is 5.39. The number of carbonyl (C=O) groups is 1. The molecule has 5 heteroatoms. The molecule has 0 radical (unpaired) electrons. The van der Waals surface area contributed by atoms with Crippen LogP contribution in [0.15, 0.2) is 16.7 Å². The number of aryl methyl sites for hydroxylation is 1. The summed E-state index contributed by atoms with van der Waals surface area (Å²) < 4.78 is 0.897. The molecule has 82 valence electrons. The van der Waals surface area contributed by atoms with Crippen LogP contribution in [0, 0.1) is 6.92 Å². The Morgan fingerprint density at radius 1 is 1.73 bits per heavy atom. The average Bonchev–Trinajstić information content (AvgIpc) is 2.14. The van der Waals surface area contributed by atoms with Gasteiger partial charge in [-0.25, -0.2) is 0 Å². The SMILES string of the molecule is Cc1cc(Br)cnc1C(N)CCC(=O)O. The predicted octanol–water partition coefficient (Wildman–Crippen LogP) is 2.02. The highest BCUT2D eigenvalue weighted by atomic mass is 79.9. The number of pyridine rings is 1. The standard InChI is InChI=1S/C10H13BrN2O2/c1-6-4-7(11)5-13-10(6)8(12)2-3-9(14)15/h4-5,8H,2-3,12H2,1H3,(H,14,15). The third-order valence-corrected chi connectivity index (χ3v) is 2.54. The number of nitrogens with two attached hydrogens (primary N) is 1. The Hall–Kier alpha value is -0.940. The minimum Gasteiger partial charge on any atom is -0.481 e. The molecule has 0 saturated carbocycles. The van der Waals surface area contributed by atoms with Crippen molar-refractivity contribution in [1.82, 2.24) is 4.98 Å². The summed E-state index contributed by atoms with van der Waals surface area (Å²) in [4.78, 5) is 14.6. The van der Waals surface area contributed by atoms with Gasteiger partial charge in [-0.15, -0.1) is 0 Å². The van der Waals surface area contributed by atoms with Gasteiger partial charge in [0, 0.05) is 23.1 Å². The Morgan fingerprint density at radius 3 is 2.93 bits per heavy atom. The monoisotopic (exact) mass is 272 g/mol. The Kier molecular flexibility index (Phi) is 4.23. The average molecular weight is 273 g/mol. The highest BCUT2D eigenvalue weighted by molar-refractivity contribution is 9.10. The lowest BCUT2D eigenvalue weighted by atomic mass is 10.0. The van der Waals surface area contributed by atoms with Crippen LogP contribution in [-0.2, 0) is 4.79 Å². The topological polar surface area (TPSA) is 76.2 Å². The highest BCUT2D eigenvalue weighted by Crippen LogP contribution is 2.20. The van der Waals surface area contributed by atoms with Crippen molar-refractivity contribution >= 4 is 21.9 Å². The molecular weight excluding hydrogens is 260 g/mol. The van der Waals surface area contributed by atoms with Crippen molar-refractivity contribution in [1.29, 1.82) is 0 Å². The minimum absolute atomic E-state index is 0.0678. The van der Waals surface area contributed by atoms with Gasteiger partial charge in [0.1, 0.15) is 0 Å². The summed E-state index contributed by atoms with van der Waals surface area (Å²) in [6.07, 6.45) is 2.14. The molecule has 0 aliphatic heterocycles. The van der Waals surface area contributed by atoms with Gasteiger partial charge in [0.25, 0.3) is 0 Å². The predicted molar refractivity (Wildman–Crippen MR) is 60.5 cm³/mol. The summed E-state index contributed by atoms with van der Waals surface area (Å²) in [5.41, 5.74) is 7.59. The summed E-state index contributed by atoms with van der Waals surface area (Å²) in [6, 6.07) is 1.61. The molecule has 0 aromatic carbocycles. The van der Waals surface area contributed by atoms with E-state index in [-0.39, 0.29) is 12.5 Å². The van der Waals surface area contributed by atoms with Crippen molar-refractivity contribution in [2.45, 2.75) is 25.8 Å². The van der Waals surface area contributed by atoms with Crippen LogP contribution in [0.5, 0.6) is 0 Å². The van der Waals surface area contributed by atoms with E-state index in [1.54, 1.807) is 6.20 Å². The van der Waals surface area contributed by atoms with Crippen LogP contribution in [0.3, 0.4) is 0 Å². The first-order chi connectivity index (χ1) is 7.00. The molecule has 3 N–H and O–H groups in total. The fraction of sp³-hybridized carbons (Fsp3) is 0.400. The Labute approximate surface area is 96.6 Å². The van der Waals surface area contributed by atoms with E-state index in [0.717, 1.165) is 15.7 Å². The Bertz CT molecular complexity index is 368. The number of carboxylic acids is 1. The molecule has 4 nitrogen and oxygen atoms in total. The van der Waals surface area contributed by atoms with Gasteiger partial charge in [0.15, 0.2) is 0 Å². The van der Waals surface area contributed by atoms with Gasteiger partial charge >= 0.3 is 5.97 Å². The Morgan fingerprint density at radius 2 is 2.40 bits per heavy atom. The van der Waals surface area contributed by atoms with Gasteiger partial charge in [0.2, 0.25) is 0 Å². The molecule has 0 aliphatic carbocycles. The maximum absolute atomic E-state index is 10.4. The van der Waals surface area contributed by atoms with E-state index in [1.807, 2.05) is 13.0 Å². The molecular formula is C10H13BrN2O2. The van der Waals surface area contributed by atoms with E-state index < -0.39 is 5.97 Å². The molecule has 0 saturated heterocycles. The van der Waals surface area contributed by atoms with E-state index in [4.69, 9.17) is 10.8 Å². The van der Waals surface area contributed by atoms with Gasteiger partial charge in [0.05, 0.1) is 5.69 Å². The lowest BCUT2D eigenvalue weighted by Gasteiger charge is -2.12. The normalized spacial score (nSPS) is 12.5.